The van der Waals surface area contributed by atoms with Crippen molar-refractivity contribution in [1.82, 2.24) is 9.80 Å². The van der Waals surface area contributed by atoms with Gasteiger partial charge in [-0.25, -0.2) is 18.5 Å². The summed E-state index contributed by atoms with van der Waals surface area (Å²) in [4.78, 5) is 48.2. The lowest BCUT2D eigenvalue weighted by atomic mass is 10.1. The summed E-state index contributed by atoms with van der Waals surface area (Å²) >= 11 is 0. The standard InChI is InChI=1S/C14H10F2N2O4/c1-2-5-17-12(20)13(21)18(14(17)22)7-11(19)8-3-4-9(15)10(16)6-8/h2-4,6H,1,5,7H2. The van der Waals surface area contributed by atoms with E-state index in [-0.39, 0.29) is 12.1 Å². The van der Waals surface area contributed by atoms with Gasteiger partial charge in [0.05, 0.1) is 6.54 Å². The Kier molecular flexibility index (Phi) is 4.11. The third-order valence-electron chi connectivity index (χ3n) is 2.99. The van der Waals surface area contributed by atoms with Crippen molar-refractivity contribution in [2.75, 3.05) is 13.1 Å². The minimum Gasteiger partial charge on any atom is -0.292 e. The monoisotopic (exact) mass is 308 g/mol. The second-order valence-electron chi connectivity index (χ2n) is 4.43. The van der Waals surface area contributed by atoms with Crippen molar-refractivity contribution in [1.29, 1.82) is 0 Å². The molecule has 1 aliphatic heterocycles. The van der Waals surface area contributed by atoms with E-state index < -0.39 is 41.8 Å². The summed E-state index contributed by atoms with van der Waals surface area (Å²) in [6.45, 7) is 2.45. The molecule has 1 aromatic carbocycles. The normalized spacial score (nSPS) is 14.7. The molecule has 0 saturated carbocycles. The van der Waals surface area contributed by atoms with Gasteiger partial charge in [0, 0.05) is 12.1 Å². The zero-order valence-corrected chi connectivity index (χ0v) is 11.2. The van der Waals surface area contributed by atoms with Crippen LogP contribution in [-0.4, -0.2) is 46.5 Å². The van der Waals surface area contributed by atoms with Crippen LogP contribution in [0, 0.1) is 11.6 Å². The molecule has 0 aliphatic carbocycles. The maximum Gasteiger partial charge on any atom is 0.334 e. The van der Waals surface area contributed by atoms with Gasteiger partial charge >= 0.3 is 17.8 Å². The van der Waals surface area contributed by atoms with E-state index in [9.17, 15) is 28.0 Å². The number of halogens is 2. The van der Waals surface area contributed by atoms with E-state index in [0.29, 0.717) is 15.9 Å². The maximum atomic E-state index is 13.1. The number of rotatable bonds is 5. The first-order valence-corrected chi connectivity index (χ1v) is 6.13. The number of hydrogen-bond acceptors (Lipinski definition) is 4. The summed E-state index contributed by atoms with van der Waals surface area (Å²) in [6.07, 6.45) is 1.25. The van der Waals surface area contributed by atoms with Crippen LogP contribution in [0.1, 0.15) is 10.4 Å². The second kappa shape index (κ2) is 5.84. The molecule has 1 saturated heterocycles. The van der Waals surface area contributed by atoms with Crippen molar-refractivity contribution in [2.45, 2.75) is 0 Å². The van der Waals surface area contributed by atoms with Crippen molar-refractivity contribution in [3.63, 3.8) is 0 Å². The van der Waals surface area contributed by atoms with Crippen LogP contribution >= 0.6 is 0 Å². The van der Waals surface area contributed by atoms with Gasteiger partial charge in [0.2, 0.25) is 0 Å². The van der Waals surface area contributed by atoms with Gasteiger partial charge in [0.25, 0.3) is 0 Å². The summed E-state index contributed by atoms with van der Waals surface area (Å²) in [5.41, 5.74) is -0.214. The van der Waals surface area contributed by atoms with E-state index in [4.69, 9.17) is 0 Å². The molecule has 0 atom stereocenters. The molecule has 8 heteroatoms. The Morgan fingerprint density at radius 3 is 2.32 bits per heavy atom. The lowest BCUT2D eigenvalue weighted by Crippen LogP contribution is -2.37. The average molecular weight is 308 g/mol. The highest BCUT2D eigenvalue weighted by Crippen LogP contribution is 2.14. The number of carbonyl (C=O) groups is 4. The first kappa shape index (κ1) is 15.5. The molecular formula is C14H10F2N2O4. The van der Waals surface area contributed by atoms with Crippen molar-refractivity contribution in [2.24, 2.45) is 0 Å². The quantitative estimate of drug-likeness (QED) is 0.354. The van der Waals surface area contributed by atoms with Gasteiger partial charge in [0.15, 0.2) is 17.4 Å². The number of hydrogen-bond donors (Lipinski definition) is 0. The van der Waals surface area contributed by atoms with Gasteiger partial charge in [-0.15, -0.1) is 6.58 Å². The van der Waals surface area contributed by atoms with Crippen molar-refractivity contribution in [3.05, 3.63) is 48.1 Å². The van der Waals surface area contributed by atoms with Gasteiger partial charge in [-0.2, -0.15) is 0 Å². The SMILES string of the molecule is C=CCN1C(=O)C(=O)N(CC(=O)c2ccc(F)c(F)c2)C1=O. The molecule has 1 heterocycles. The van der Waals surface area contributed by atoms with E-state index in [0.717, 1.165) is 12.1 Å². The molecule has 22 heavy (non-hydrogen) atoms. The molecule has 0 N–H and O–H groups in total. The Balaban J connectivity index is 2.19. The third kappa shape index (κ3) is 2.62. The maximum absolute atomic E-state index is 13.1. The first-order chi connectivity index (χ1) is 10.4. The van der Waals surface area contributed by atoms with Crippen LogP contribution in [0.5, 0.6) is 0 Å². The average Bonchev–Trinajstić information content (AvgIpc) is 2.68. The predicted octanol–water partition coefficient (Wildman–Crippen LogP) is 1.12. The zero-order chi connectivity index (χ0) is 16.4. The molecule has 0 unspecified atom stereocenters. The highest BCUT2D eigenvalue weighted by molar-refractivity contribution is 6.45. The number of carbonyl (C=O) groups excluding carboxylic acids is 4. The number of nitrogens with zero attached hydrogens (tertiary/aromatic N) is 2. The number of Topliss-reactive ketones (excluding diaryl/α,β-unsaturated/α-hetero) is 1. The Morgan fingerprint density at radius 2 is 1.73 bits per heavy atom. The Hall–Kier alpha value is -2.90. The van der Waals surface area contributed by atoms with E-state index in [1.54, 1.807) is 0 Å². The lowest BCUT2D eigenvalue weighted by Gasteiger charge is -2.13. The molecule has 2 rings (SSSR count). The summed E-state index contributed by atoms with van der Waals surface area (Å²) in [7, 11) is 0. The minimum absolute atomic E-state index is 0.167. The Morgan fingerprint density at radius 1 is 1.09 bits per heavy atom. The predicted molar refractivity (Wildman–Crippen MR) is 69.7 cm³/mol. The van der Waals surface area contributed by atoms with Crippen LogP contribution < -0.4 is 0 Å². The Bertz CT molecular complexity index is 702. The summed E-state index contributed by atoms with van der Waals surface area (Å²) in [5, 5.41) is 0. The molecule has 114 valence electrons. The van der Waals surface area contributed by atoms with Crippen LogP contribution in [0.2, 0.25) is 0 Å². The number of ketones is 1. The van der Waals surface area contributed by atoms with E-state index in [1.165, 1.54) is 6.08 Å². The topological polar surface area (TPSA) is 74.8 Å². The number of benzene rings is 1. The molecule has 0 radical (unpaired) electrons. The minimum atomic E-state index is -1.23. The van der Waals surface area contributed by atoms with Crippen LogP contribution in [-0.2, 0) is 9.59 Å². The van der Waals surface area contributed by atoms with Gasteiger partial charge in [-0.3, -0.25) is 19.3 Å². The molecular weight excluding hydrogens is 298 g/mol. The summed E-state index contributed by atoms with van der Waals surface area (Å²) in [5.74, 6) is -5.37. The van der Waals surface area contributed by atoms with Crippen LogP contribution in [0.25, 0.3) is 0 Å². The molecule has 1 aliphatic rings. The molecule has 4 amide bonds. The number of amides is 4. The van der Waals surface area contributed by atoms with Gasteiger partial charge in [0.1, 0.15) is 0 Å². The molecule has 0 aromatic heterocycles. The highest BCUT2D eigenvalue weighted by atomic mass is 19.2. The van der Waals surface area contributed by atoms with Gasteiger partial charge in [-0.1, -0.05) is 6.08 Å². The first-order valence-electron chi connectivity index (χ1n) is 6.13. The second-order valence-corrected chi connectivity index (χ2v) is 4.43. The Labute approximate surface area is 123 Å². The van der Waals surface area contributed by atoms with Crippen LogP contribution in [0.4, 0.5) is 13.6 Å². The molecule has 1 aromatic rings. The van der Waals surface area contributed by atoms with Crippen molar-refractivity contribution in [3.8, 4) is 0 Å². The summed E-state index contributed by atoms with van der Waals surface area (Å²) in [6, 6.07) is 1.48. The fraction of sp³-hybridized carbons (Fsp3) is 0.143. The third-order valence-corrected chi connectivity index (χ3v) is 2.99. The highest BCUT2D eigenvalue weighted by Gasteiger charge is 2.44. The van der Waals surface area contributed by atoms with Crippen molar-refractivity contribution >= 4 is 23.6 Å². The van der Waals surface area contributed by atoms with Crippen molar-refractivity contribution < 1.29 is 28.0 Å². The fourth-order valence-electron chi connectivity index (χ4n) is 1.88. The zero-order valence-electron chi connectivity index (χ0n) is 11.2. The van der Waals surface area contributed by atoms with Gasteiger partial charge < -0.3 is 0 Å². The fourth-order valence-corrected chi connectivity index (χ4v) is 1.88. The smallest absolute Gasteiger partial charge is 0.292 e. The van der Waals surface area contributed by atoms with Gasteiger partial charge in [-0.05, 0) is 18.2 Å². The van der Waals surface area contributed by atoms with Crippen LogP contribution in [0.15, 0.2) is 30.9 Å². The van der Waals surface area contributed by atoms with E-state index in [2.05, 4.69) is 6.58 Å². The summed E-state index contributed by atoms with van der Waals surface area (Å²) < 4.78 is 25.9. The molecule has 1 fully saturated rings. The lowest BCUT2D eigenvalue weighted by molar-refractivity contribution is -0.142. The molecule has 6 nitrogen and oxygen atoms in total. The van der Waals surface area contributed by atoms with E-state index >= 15 is 0 Å². The molecule has 0 spiro atoms. The van der Waals surface area contributed by atoms with Crippen LogP contribution in [0.3, 0.4) is 0 Å². The molecule has 0 bridgehead atoms. The largest absolute Gasteiger partial charge is 0.334 e. The number of imide groups is 2. The number of urea groups is 1. The van der Waals surface area contributed by atoms with E-state index in [1.807, 2.05) is 0 Å².